The molecular weight excluding hydrogens is 328 g/mol. The van der Waals surface area contributed by atoms with Gasteiger partial charge in [-0.2, -0.15) is 0 Å². The zero-order chi connectivity index (χ0) is 17.6. The number of hydrogen-bond acceptors (Lipinski definition) is 4. The Balaban J connectivity index is 1.53. The zero-order valence-electron chi connectivity index (χ0n) is 13.8. The Morgan fingerprint density at radius 2 is 1.65 bits per heavy atom. The zero-order valence-corrected chi connectivity index (χ0v) is 13.8. The Morgan fingerprint density at radius 3 is 2.23 bits per heavy atom. The number of carbonyl (C=O) groups is 1. The second-order valence-electron chi connectivity index (χ2n) is 6.35. The number of fused-ring (bicyclic) bond motifs is 1. The van der Waals surface area contributed by atoms with Crippen LogP contribution in [0.5, 0.6) is 0 Å². The number of imidazole rings is 1. The summed E-state index contributed by atoms with van der Waals surface area (Å²) in [5.41, 5.74) is 1.37. The van der Waals surface area contributed by atoms with E-state index in [1.165, 1.54) is 15.8 Å². The molecule has 1 aromatic heterocycles. The average Bonchev–Trinajstić information content (AvgIpc) is 3.33. The lowest BCUT2D eigenvalue weighted by molar-refractivity contribution is -0.229. The van der Waals surface area contributed by atoms with Crippen molar-refractivity contribution in [2.75, 3.05) is 0 Å². The fourth-order valence-corrected chi connectivity index (χ4v) is 3.73. The molecule has 128 valence electrons. The molecule has 1 saturated heterocycles. The third kappa shape index (κ3) is 1.99. The molecule has 2 atom stereocenters. The first-order chi connectivity index (χ1) is 12.8. The highest BCUT2D eigenvalue weighted by Crippen LogP contribution is 2.51. The number of hydrogen-bond donors (Lipinski definition) is 0. The molecule has 5 rings (SSSR count). The van der Waals surface area contributed by atoms with Crippen molar-refractivity contribution in [2.24, 2.45) is 4.99 Å². The molecule has 26 heavy (non-hydrogen) atoms. The van der Waals surface area contributed by atoms with Gasteiger partial charge in [-0.1, -0.05) is 60.7 Å². The van der Waals surface area contributed by atoms with Crippen LogP contribution in [-0.2, 0) is 10.3 Å². The predicted octanol–water partition coefficient (Wildman–Crippen LogP) is 2.86. The standard InChI is InChI=1S/C20H16N4O2/c25-19(23-12-11-21-13-23)24-14-22-17-18(24)26-20(17,15-7-3-1-4-8-15)16-9-5-2-6-10-16/h1-14,17-18H/t17-,18-/m1/s1. The summed E-state index contributed by atoms with van der Waals surface area (Å²) in [6, 6.07) is 19.7. The monoisotopic (exact) mass is 344 g/mol. The van der Waals surface area contributed by atoms with Crippen molar-refractivity contribution in [3.05, 3.63) is 90.5 Å². The number of amides is 1. The van der Waals surface area contributed by atoms with E-state index in [0.29, 0.717) is 0 Å². The minimum atomic E-state index is -0.687. The first kappa shape index (κ1) is 15.0. The maximum atomic E-state index is 12.7. The average molecular weight is 344 g/mol. The summed E-state index contributed by atoms with van der Waals surface area (Å²) < 4.78 is 7.82. The summed E-state index contributed by atoms with van der Waals surface area (Å²) in [6.45, 7) is 0. The molecule has 3 heterocycles. The van der Waals surface area contributed by atoms with Crippen molar-refractivity contribution in [2.45, 2.75) is 17.9 Å². The largest absolute Gasteiger partial charge is 0.337 e. The van der Waals surface area contributed by atoms with Crippen molar-refractivity contribution in [3.8, 4) is 0 Å². The first-order valence-electron chi connectivity index (χ1n) is 8.43. The number of aliphatic imine (C=N–C) groups is 1. The van der Waals surface area contributed by atoms with E-state index >= 15 is 0 Å². The van der Waals surface area contributed by atoms with Crippen molar-refractivity contribution in [3.63, 3.8) is 0 Å². The SMILES string of the molecule is O=C(N1C=N[C@@H]2[C@H]1OC2(c1ccccc1)c1ccccc1)n1ccnc1. The lowest BCUT2D eigenvalue weighted by Gasteiger charge is -2.52. The normalized spacial score (nSPS) is 22.7. The number of nitrogens with zero attached hydrogens (tertiary/aromatic N) is 4. The van der Waals surface area contributed by atoms with Gasteiger partial charge in [-0.05, 0) is 11.1 Å². The number of carbonyl (C=O) groups excluding carboxylic acids is 1. The van der Waals surface area contributed by atoms with Gasteiger partial charge in [0.2, 0.25) is 0 Å². The van der Waals surface area contributed by atoms with Crippen LogP contribution < -0.4 is 0 Å². The van der Waals surface area contributed by atoms with Gasteiger partial charge >= 0.3 is 6.03 Å². The minimum Gasteiger partial charge on any atom is -0.337 e. The third-order valence-electron chi connectivity index (χ3n) is 4.97. The van der Waals surface area contributed by atoms with E-state index in [1.807, 2.05) is 60.7 Å². The molecule has 2 aliphatic rings. The van der Waals surface area contributed by atoms with Crippen molar-refractivity contribution in [1.29, 1.82) is 0 Å². The number of aromatic nitrogens is 2. The van der Waals surface area contributed by atoms with E-state index < -0.39 is 11.8 Å². The second-order valence-corrected chi connectivity index (χ2v) is 6.35. The van der Waals surface area contributed by atoms with Crippen LogP contribution in [0.25, 0.3) is 0 Å². The van der Waals surface area contributed by atoms with Crippen LogP contribution >= 0.6 is 0 Å². The Kier molecular flexibility index (Phi) is 3.26. The Morgan fingerprint density at radius 1 is 1.00 bits per heavy atom. The molecule has 0 saturated carbocycles. The summed E-state index contributed by atoms with van der Waals surface area (Å²) in [5, 5.41) is 0. The predicted molar refractivity (Wildman–Crippen MR) is 95.7 cm³/mol. The van der Waals surface area contributed by atoms with E-state index in [4.69, 9.17) is 4.74 Å². The van der Waals surface area contributed by atoms with E-state index in [9.17, 15) is 4.79 Å². The molecule has 0 spiro atoms. The van der Waals surface area contributed by atoms with Gasteiger partial charge in [0.05, 0.1) is 6.34 Å². The Hall–Kier alpha value is -3.25. The lowest BCUT2D eigenvalue weighted by Crippen LogP contribution is -2.65. The van der Waals surface area contributed by atoms with Gasteiger partial charge in [0, 0.05) is 12.4 Å². The fraction of sp³-hybridized carbons (Fsp3) is 0.150. The minimum absolute atomic E-state index is 0.195. The van der Waals surface area contributed by atoms with Gasteiger partial charge in [-0.15, -0.1) is 0 Å². The number of rotatable bonds is 2. The quantitative estimate of drug-likeness (QED) is 0.718. The van der Waals surface area contributed by atoms with Crippen LogP contribution in [0, 0.1) is 0 Å². The summed E-state index contributed by atoms with van der Waals surface area (Å²) in [4.78, 5) is 22.8. The molecular formula is C20H16N4O2. The topological polar surface area (TPSA) is 59.7 Å². The van der Waals surface area contributed by atoms with Crippen LogP contribution in [0.1, 0.15) is 11.1 Å². The maximum absolute atomic E-state index is 12.7. The molecule has 1 amide bonds. The highest BCUT2D eigenvalue weighted by molar-refractivity contribution is 5.90. The second kappa shape index (κ2) is 5.64. The van der Waals surface area contributed by atoms with Gasteiger partial charge in [0.15, 0.2) is 6.23 Å². The van der Waals surface area contributed by atoms with Crippen LogP contribution in [0.2, 0.25) is 0 Å². The summed E-state index contributed by atoms with van der Waals surface area (Å²) in [7, 11) is 0. The number of benzene rings is 2. The van der Waals surface area contributed by atoms with Crippen molar-refractivity contribution >= 4 is 12.4 Å². The van der Waals surface area contributed by atoms with Gasteiger partial charge in [-0.25, -0.2) is 9.78 Å². The lowest BCUT2D eigenvalue weighted by atomic mass is 9.75. The van der Waals surface area contributed by atoms with Gasteiger partial charge in [0.1, 0.15) is 18.0 Å². The third-order valence-corrected chi connectivity index (χ3v) is 4.97. The van der Waals surface area contributed by atoms with E-state index in [0.717, 1.165) is 11.1 Å². The highest BCUT2D eigenvalue weighted by Gasteiger charge is 2.62. The smallest absolute Gasteiger partial charge is 0.336 e. The van der Waals surface area contributed by atoms with E-state index in [1.54, 1.807) is 18.7 Å². The van der Waals surface area contributed by atoms with Gasteiger partial charge in [0.25, 0.3) is 0 Å². The molecule has 1 fully saturated rings. The molecule has 0 N–H and O–H groups in total. The van der Waals surface area contributed by atoms with Crippen molar-refractivity contribution < 1.29 is 9.53 Å². The molecule has 6 nitrogen and oxygen atoms in total. The van der Waals surface area contributed by atoms with Crippen molar-refractivity contribution in [1.82, 2.24) is 14.5 Å². The highest BCUT2D eigenvalue weighted by atomic mass is 16.6. The van der Waals surface area contributed by atoms with E-state index in [2.05, 4.69) is 9.98 Å². The molecule has 2 aromatic carbocycles. The fourth-order valence-electron chi connectivity index (χ4n) is 3.73. The van der Waals surface area contributed by atoms with Gasteiger partial charge < -0.3 is 4.74 Å². The molecule has 0 unspecified atom stereocenters. The van der Waals surface area contributed by atoms with Crippen LogP contribution in [0.15, 0.2) is 84.4 Å². The Labute approximate surface area is 150 Å². The molecule has 3 aromatic rings. The molecule has 6 heteroatoms. The maximum Gasteiger partial charge on any atom is 0.336 e. The first-order valence-corrected chi connectivity index (χ1v) is 8.43. The Bertz CT molecular complexity index is 915. The van der Waals surface area contributed by atoms with Crippen LogP contribution in [0.3, 0.4) is 0 Å². The summed E-state index contributed by atoms with van der Waals surface area (Å²) in [5.74, 6) is 0. The summed E-state index contributed by atoms with van der Waals surface area (Å²) in [6.07, 6.45) is 5.81. The van der Waals surface area contributed by atoms with E-state index in [-0.39, 0.29) is 12.1 Å². The molecule has 0 bridgehead atoms. The summed E-state index contributed by atoms with van der Waals surface area (Å²) >= 11 is 0. The molecule has 0 aliphatic carbocycles. The van der Waals surface area contributed by atoms with Gasteiger partial charge in [-0.3, -0.25) is 14.5 Å². The molecule has 0 radical (unpaired) electrons. The van der Waals surface area contributed by atoms with Crippen LogP contribution in [0.4, 0.5) is 4.79 Å². The van der Waals surface area contributed by atoms with Crippen LogP contribution in [-0.4, -0.2) is 39.1 Å². The number of ether oxygens (including phenoxy) is 1. The molecule has 2 aliphatic heterocycles.